The first kappa shape index (κ1) is 13.4. The van der Waals surface area contributed by atoms with E-state index in [2.05, 4.69) is 18.5 Å². The molecular formula is C12H17FN2O2. The highest BCUT2D eigenvalue weighted by Crippen LogP contribution is 2.26. The molecule has 2 heterocycles. The monoisotopic (exact) mass is 240 g/mol. The molecule has 17 heavy (non-hydrogen) atoms. The van der Waals surface area contributed by atoms with Crippen molar-refractivity contribution < 1.29 is 14.2 Å². The van der Waals surface area contributed by atoms with E-state index >= 15 is 0 Å². The van der Waals surface area contributed by atoms with Gasteiger partial charge in [0.15, 0.2) is 5.69 Å². The van der Waals surface area contributed by atoms with E-state index < -0.39 is 0 Å². The molecule has 0 saturated carbocycles. The van der Waals surface area contributed by atoms with Gasteiger partial charge in [0.25, 0.3) is 0 Å². The number of allylic oxidation sites excluding steroid dienone is 1. The first-order valence-corrected chi connectivity index (χ1v) is 5.55. The number of carbonyl (C=O) groups is 1. The highest BCUT2D eigenvalue weighted by molar-refractivity contribution is 5.87. The Bertz CT molecular complexity index is 440. The first-order chi connectivity index (χ1) is 7.61. The third-order valence-corrected chi connectivity index (χ3v) is 2.72. The zero-order chi connectivity index (χ0) is 11.7. The van der Waals surface area contributed by atoms with Crippen molar-refractivity contribution in [3.63, 3.8) is 0 Å². The summed E-state index contributed by atoms with van der Waals surface area (Å²) < 4.78 is 6.83. The summed E-state index contributed by atoms with van der Waals surface area (Å²) in [6, 6.07) is 0. The topological polar surface area (TPSA) is 44.1 Å². The Balaban J connectivity index is 0.00000144. The van der Waals surface area contributed by atoms with Crippen molar-refractivity contribution in [3.05, 3.63) is 24.3 Å². The van der Waals surface area contributed by atoms with Crippen molar-refractivity contribution >= 4 is 11.7 Å². The largest absolute Gasteiger partial charge is 0.461 e. The minimum atomic E-state index is -0.357. The van der Waals surface area contributed by atoms with E-state index in [1.54, 1.807) is 13.1 Å². The van der Waals surface area contributed by atoms with Crippen molar-refractivity contribution in [1.29, 1.82) is 0 Å². The van der Waals surface area contributed by atoms with Crippen molar-refractivity contribution in [2.24, 2.45) is 5.92 Å². The van der Waals surface area contributed by atoms with E-state index in [1.165, 1.54) is 0 Å². The van der Waals surface area contributed by atoms with Gasteiger partial charge in [0.2, 0.25) is 0 Å². The molecule has 1 unspecified atom stereocenters. The van der Waals surface area contributed by atoms with Crippen LogP contribution in [-0.4, -0.2) is 22.1 Å². The van der Waals surface area contributed by atoms with E-state index in [0.717, 1.165) is 24.4 Å². The summed E-state index contributed by atoms with van der Waals surface area (Å²) >= 11 is 0. The maximum absolute atomic E-state index is 11.5. The lowest BCUT2D eigenvalue weighted by Gasteiger charge is -2.21. The molecule has 0 spiro atoms. The Morgan fingerprint density at radius 1 is 1.65 bits per heavy atom. The van der Waals surface area contributed by atoms with E-state index in [4.69, 9.17) is 4.74 Å². The van der Waals surface area contributed by atoms with Gasteiger partial charge in [-0.2, -0.15) is 0 Å². The number of imidazole rings is 1. The van der Waals surface area contributed by atoms with Gasteiger partial charge in [0.1, 0.15) is 5.82 Å². The maximum Gasteiger partial charge on any atom is 0.358 e. The van der Waals surface area contributed by atoms with Crippen LogP contribution in [0.2, 0.25) is 0 Å². The fourth-order valence-electron chi connectivity index (χ4n) is 2.02. The van der Waals surface area contributed by atoms with Crippen LogP contribution in [0.3, 0.4) is 0 Å². The van der Waals surface area contributed by atoms with Crippen molar-refractivity contribution in [2.45, 2.75) is 26.7 Å². The van der Waals surface area contributed by atoms with E-state index in [9.17, 15) is 4.79 Å². The maximum atomic E-state index is 11.5. The molecule has 94 valence electrons. The Labute approximate surface area is 99.7 Å². The van der Waals surface area contributed by atoms with Crippen LogP contribution >= 0.6 is 0 Å². The second-order valence-corrected chi connectivity index (χ2v) is 4.21. The second kappa shape index (κ2) is 5.12. The predicted molar refractivity (Wildman–Crippen MR) is 63.5 cm³/mol. The number of esters is 1. The molecular weight excluding hydrogens is 223 g/mol. The third-order valence-electron chi connectivity index (χ3n) is 2.72. The Morgan fingerprint density at radius 3 is 3.00 bits per heavy atom. The molecule has 1 atom stereocenters. The highest BCUT2D eigenvalue weighted by Gasteiger charge is 2.22. The lowest BCUT2D eigenvalue weighted by Crippen LogP contribution is -2.15. The van der Waals surface area contributed by atoms with Gasteiger partial charge in [0.05, 0.1) is 6.61 Å². The number of hydrogen-bond donors (Lipinski definition) is 0. The third kappa shape index (κ3) is 2.54. The van der Waals surface area contributed by atoms with Crippen LogP contribution in [-0.2, 0) is 11.2 Å². The Kier molecular flexibility index (Phi) is 4.04. The van der Waals surface area contributed by atoms with Gasteiger partial charge in [0, 0.05) is 18.3 Å². The van der Waals surface area contributed by atoms with Crippen LogP contribution in [0.15, 0.2) is 12.8 Å². The minimum absolute atomic E-state index is 0. The molecule has 0 fully saturated rings. The number of hydrogen-bond acceptors (Lipinski definition) is 3. The van der Waals surface area contributed by atoms with E-state index in [1.807, 2.05) is 4.57 Å². The SMILES string of the molecule is C=C1CC(C)Cc2nc(C(=O)OCC)cn21.F. The number of aromatic nitrogens is 2. The Morgan fingerprint density at radius 2 is 2.35 bits per heavy atom. The number of carbonyl (C=O) groups excluding carboxylic acids is 1. The van der Waals surface area contributed by atoms with E-state index in [-0.39, 0.29) is 10.7 Å². The summed E-state index contributed by atoms with van der Waals surface area (Å²) in [6.07, 6.45) is 3.56. The summed E-state index contributed by atoms with van der Waals surface area (Å²) in [7, 11) is 0. The summed E-state index contributed by atoms with van der Waals surface area (Å²) in [6.45, 7) is 8.32. The van der Waals surface area contributed by atoms with Gasteiger partial charge in [-0.05, 0) is 19.3 Å². The van der Waals surface area contributed by atoms with Crippen LogP contribution in [0, 0.1) is 5.92 Å². The fraction of sp³-hybridized carbons (Fsp3) is 0.500. The Hall–Kier alpha value is -1.65. The van der Waals surface area contributed by atoms with Crippen molar-refractivity contribution in [3.8, 4) is 0 Å². The molecule has 0 amide bonds. The number of fused-ring (bicyclic) bond motifs is 1. The molecule has 5 heteroatoms. The first-order valence-electron chi connectivity index (χ1n) is 5.55. The van der Waals surface area contributed by atoms with Crippen molar-refractivity contribution in [2.75, 3.05) is 6.61 Å². The molecule has 4 nitrogen and oxygen atoms in total. The van der Waals surface area contributed by atoms with Gasteiger partial charge >= 0.3 is 5.97 Å². The molecule has 1 aromatic rings. The van der Waals surface area contributed by atoms with Gasteiger partial charge in [-0.25, -0.2) is 9.78 Å². The van der Waals surface area contributed by atoms with Crippen LogP contribution in [0.4, 0.5) is 4.70 Å². The highest BCUT2D eigenvalue weighted by atomic mass is 19.0. The van der Waals surface area contributed by atoms with Gasteiger partial charge < -0.3 is 9.30 Å². The van der Waals surface area contributed by atoms with Gasteiger partial charge in [-0.15, -0.1) is 0 Å². The molecule has 0 aromatic carbocycles. The summed E-state index contributed by atoms with van der Waals surface area (Å²) in [4.78, 5) is 15.8. The van der Waals surface area contributed by atoms with Gasteiger partial charge in [-0.1, -0.05) is 13.5 Å². The number of halogens is 1. The standard InChI is InChI=1S/C12H16N2O2.FH/c1-4-16-12(15)10-7-14-9(3)5-8(2)6-11(14)13-10;/h7-8H,3-6H2,1-2H3;1H. The summed E-state index contributed by atoms with van der Waals surface area (Å²) in [5.74, 6) is 1.09. The van der Waals surface area contributed by atoms with Crippen LogP contribution < -0.4 is 0 Å². The molecule has 0 bridgehead atoms. The average Bonchev–Trinajstić information content (AvgIpc) is 2.62. The number of nitrogens with zero attached hydrogens (tertiary/aromatic N) is 2. The molecule has 0 aliphatic carbocycles. The van der Waals surface area contributed by atoms with Crippen molar-refractivity contribution in [1.82, 2.24) is 9.55 Å². The summed E-state index contributed by atoms with van der Waals surface area (Å²) in [5, 5.41) is 0. The lowest BCUT2D eigenvalue weighted by atomic mass is 9.98. The molecule has 1 aliphatic rings. The molecule has 0 radical (unpaired) electrons. The van der Waals surface area contributed by atoms with Gasteiger partial charge in [-0.3, -0.25) is 4.70 Å². The van der Waals surface area contributed by atoms with Crippen LogP contribution in [0.5, 0.6) is 0 Å². The fourth-order valence-corrected chi connectivity index (χ4v) is 2.02. The quantitative estimate of drug-likeness (QED) is 0.745. The second-order valence-electron chi connectivity index (χ2n) is 4.21. The number of rotatable bonds is 2. The predicted octanol–water partition coefficient (Wildman–Crippen LogP) is 2.27. The lowest BCUT2D eigenvalue weighted by molar-refractivity contribution is 0.0520. The van der Waals surface area contributed by atoms with Crippen LogP contribution in [0.1, 0.15) is 36.6 Å². The van der Waals surface area contributed by atoms with E-state index in [0.29, 0.717) is 18.2 Å². The average molecular weight is 240 g/mol. The molecule has 0 N–H and O–H groups in total. The normalized spacial score (nSPS) is 18.2. The zero-order valence-corrected chi connectivity index (χ0v) is 10.1. The molecule has 2 rings (SSSR count). The van der Waals surface area contributed by atoms with Crippen LogP contribution in [0.25, 0.3) is 5.70 Å². The number of ether oxygens (including phenoxy) is 1. The zero-order valence-electron chi connectivity index (χ0n) is 10.1. The molecule has 0 saturated heterocycles. The molecule has 1 aromatic heterocycles. The smallest absolute Gasteiger partial charge is 0.358 e. The molecule has 1 aliphatic heterocycles. The summed E-state index contributed by atoms with van der Waals surface area (Å²) in [5.41, 5.74) is 1.38. The minimum Gasteiger partial charge on any atom is -0.461 e.